The van der Waals surface area contributed by atoms with Crippen LogP contribution in [0.2, 0.25) is 0 Å². The minimum absolute atomic E-state index is 0.251. The zero-order valence-corrected chi connectivity index (χ0v) is 16.1. The molecule has 1 aromatic carbocycles. The Morgan fingerprint density at radius 2 is 1.75 bits per heavy atom. The summed E-state index contributed by atoms with van der Waals surface area (Å²) in [5.74, 6) is -3.07. The first kappa shape index (κ1) is 23.3. The molecule has 1 aromatic heterocycles. The Morgan fingerprint density at radius 3 is 2.28 bits per heavy atom. The van der Waals surface area contributed by atoms with Gasteiger partial charge in [0.1, 0.15) is 17.5 Å². The predicted octanol–water partition coefficient (Wildman–Crippen LogP) is 4.39. The number of rotatable bonds is 4. The van der Waals surface area contributed by atoms with Gasteiger partial charge < -0.3 is 10.1 Å². The number of aromatic nitrogens is 1. The lowest BCUT2D eigenvalue weighted by Gasteiger charge is -2.24. The van der Waals surface area contributed by atoms with Gasteiger partial charge in [0.05, 0.1) is 24.3 Å². The van der Waals surface area contributed by atoms with E-state index in [0.29, 0.717) is 11.0 Å². The number of alkyl halides is 6. The van der Waals surface area contributed by atoms with Crippen molar-refractivity contribution in [1.29, 1.82) is 0 Å². The van der Waals surface area contributed by atoms with E-state index in [0.717, 1.165) is 31.5 Å². The van der Waals surface area contributed by atoms with Crippen LogP contribution in [0.3, 0.4) is 0 Å². The maximum Gasteiger partial charge on any atom is 0.421 e. The molecule has 0 spiro atoms. The Kier molecular flexibility index (Phi) is 6.03. The maximum absolute atomic E-state index is 14.9. The number of cyclic esters (lactones) is 1. The SMILES string of the molecule is CC(=O)NCC1CN(c2cc(-c3ccncc3)c(C(F)(F)F)c(F)c2C(F)(F)F)C(=O)O1. The second kappa shape index (κ2) is 8.28. The minimum atomic E-state index is -5.56. The second-order valence-corrected chi connectivity index (χ2v) is 6.79. The molecule has 0 radical (unpaired) electrons. The molecular formula is C19H14F7N3O3. The van der Waals surface area contributed by atoms with Crippen molar-refractivity contribution in [3.8, 4) is 11.1 Å². The number of ether oxygens (including phenoxy) is 1. The highest BCUT2D eigenvalue weighted by atomic mass is 19.4. The van der Waals surface area contributed by atoms with Gasteiger partial charge in [-0.1, -0.05) is 0 Å². The van der Waals surface area contributed by atoms with Crippen LogP contribution < -0.4 is 10.2 Å². The van der Waals surface area contributed by atoms with E-state index in [1.54, 1.807) is 0 Å². The van der Waals surface area contributed by atoms with Crippen LogP contribution in [0.25, 0.3) is 11.1 Å². The Morgan fingerprint density at radius 1 is 1.16 bits per heavy atom. The van der Waals surface area contributed by atoms with Crippen molar-refractivity contribution in [3.05, 3.63) is 47.5 Å². The number of hydrogen-bond acceptors (Lipinski definition) is 4. The molecule has 1 N–H and O–H groups in total. The van der Waals surface area contributed by atoms with Crippen molar-refractivity contribution in [1.82, 2.24) is 10.3 Å². The Balaban J connectivity index is 2.23. The summed E-state index contributed by atoms with van der Waals surface area (Å²) in [4.78, 5) is 27.3. The number of halogens is 7. The van der Waals surface area contributed by atoms with Gasteiger partial charge >= 0.3 is 18.4 Å². The van der Waals surface area contributed by atoms with E-state index in [1.807, 2.05) is 0 Å². The molecule has 13 heteroatoms. The first-order valence-electron chi connectivity index (χ1n) is 8.94. The van der Waals surface area contributed by atoms with Crippen LogP contribution in [-0.4, -0.2) is 36.2 Å². The maximum atomic E-state index is 14.9. The standard InChI is InChI=1S/C19H14F7N3O3/c1-9(30)28-7-11-8-29(17(31)32-11)13-6-12(10-2-4-27-5-3-10)14(18(21,22)23)16(20)15(13)19(24,25)26/h2-6,11H,7-8H2,1H3,(H,28,30). The van der Waals surface area contributed by atoms with Gasteiger partial charge in [0.15, 0.2) is 0 Å². The number of amides is 2. The normalized spacial score (nSPS) is 16.8. The molecule has 1 fully saturated rings. The molecule has 2 aromatic rings. The van der Waals surface area contributed by atoms with Crippen LogP contribution in [0.5, 0.6) is 0 Å². The monoisotopic (exact) mass is 465 g/mol. The van der Waals surface area contributed by atoms with Gasteiger partial charge in [0.25, 0.3) is 0 Å². The molecule has 0 bridgehead atoms. The van der Waals surface area contributed by atoms with Gasteiger partial charge in [0, 0.05) is 19.3 Å². The van der Waals surface area contributed by atoms with Crippen molar-refractivity contribution < 1.29 is 45.1 Å². The molecule has 1 aliphatic heterocycles. The molecule has 32 heavy (non-hydrogen) atoms. The molecule has 0 saturated carbocycles. The van der Waals surface area contributed by atoms with Crippen LogP contribution in [0.4, 0.5) is 41.2 Å². The van der Waals surface area contributed by atoms with E-state index >= 15 is 0 Å². The van der Waals surface area contributed by atoms with Crippen LogP contribution >= 0.6 is 0 Å². The van der Waals surface area contributed by atoms with Gasteiger partial charge in [-0.3, -0.25) is 14.7 Å². The van der Waals surface area contributed by atoms with Crippen LogP contribution in [0, 0.1) is 5.82 Å². The molecule has 1 aliphatic rings. The molecule has 3 rings (SSSR count). The summed E-state index contributed by atoms with van der Waals surface area (Å²) in [6.45, 7) is 0.352. The fourth-order valence-corrected chi connectivity index (χ4v) is 3.24. The van der Waals surface area contributed by atoms with Gasteiger partial charge in [-0.2, -0.15) is 26.3 Å². The number of benzene rings is 1. The lowest BCUT2D eigenvalue weighted by molar-refractivity contribution is -0.147. The molecule has 1 atom stereocenters. The van der Waals surface area contributed by atoms with E-state index in [1.165, 1.54) is 0 Å². The Hall–Kier alpha value is -3.38. The van der Waals surface area contributed by atoms with E-state index in [-0.39, 0.29) is 12.1 Å². The quantitative estimate of drug-likeness (QED) is 0.681. The molecule has 6 nitrogen and oxygen atoms in total. The van der Waals surface area contributed by atoms with Gasteiger partial charge in [0.2, 0.25) is 5.91 Å². The number of pyridine rings is 1. The number of nitrogens with one attached hydrogen (secondary N) is 1. The molecule has 1 saturated heterocycles. The second-order valence-electron chi connectivity index (χ2n) is 6.79. The van der Waals surface area contributed by atoms with Crippen molar-refractivity contribution in [3.63, 3.8) is 0 Å². The lowest BCUT2D eigenvalue weighted by atomic mass is 9.94. The molecule has 2 amide bonds. The first-order chi connectivity index (χ1) is 14.8. The highest BCUT2D eigenvalue weighted by molar-refractivity contribution is 5.92. The largest absolute Gasteiger partial charge is 0.442 e. The van der Waals surface area contributed by atoms with E-state index in [2.05, 4.69) is 10.3 Å². The zero-order valence-electron chi connectivity index (χ0n) is 16.1. The number of anilines is 1. The summed E-state index contributed by atoms with van der Waals surface area (Å²) in [7, 11) is 0. The summed E-state index contributed by atoms with van der Waals surface area (Å²) in [6, 6.07) is 2.57. The van der Waals surface area contributed by atoms with Gasteiger partial charge in [-0.15, -0.1) is 0 Å². The highest BCUT2D eigenvalue weighted by Gasteiger charge is 2.48. The topological polar surface area (TPSA) is 71.5 Å². The Labute approximate surface area is 176 Å². The smallest absolute Gasteiger partial charge is 0.421 e. The van der Waals surface area contributed by atoms with E-state index in [9.17, 15) is 40.3 Å². The van der Waals surface area contributed by atoms with Crippen molar-refractivity contribution in [2.24, 2.45) is 0 Å². The molecule has 2 heterocycles. The van der Waals surface area contributed by atoms with Crippen molar-refractivity contribution in [2.75, 3.05) is 18.0 Å². The van der Waals surface area contributed by atoms with Crippen LogP contribution in [0.1, 0.15) is 18.1 Å². The lowest BCUT2D eigenvalue weighted by Crippen LogP contribution is -2.34. The average Bonchev–Trinajstić information content (AvgIpc) is 3.04. The summed E-state index contributed by atoms with van der Waals surface area (Å²) in [6.07, 6.45) is -11.3. The number of nitrogens with zero attached hydrogens (tertiary/aromatic N) is 2. The summed E-state index contributed by atoms with van der Waals surface area (Å²) >= 11 is 0. The third-order valence-electron chi connectivity index (χ3n) is 4.55. The fraction of sp³-hybridized carbons (Fsp3) is 0.316. The molecule has 0 aliphatic carbocycles. The number of carbonyl (C=O) groups is 2. The summed E-state index contributed by atoms with van der Waals surface area (Å²) in [5.41, 5.74) is -6.67. The predicted molar refractivity (Wildman–Crippen MR) is 95.9 cm³/mol. The van der Waals surface area contributed by atoms with Gasteiger partial charge in [-0.25, -0.2) is 9.18 Å². The average molecular weight is 465 g/mol. The molecule has 172 valence electrons. The van der Waals surface area contributed by atoms with E-state index < -0.39 is 65.2 Å². The summed E-state index contributed by atoms with van der Waals surface area (Å²) < 4.78 is 102. The number of carbonyl (C=O) groups excluding carboxylic acids is 2. The Bertz CT molecular complexity index is 1040. The molecule has 1 unspecified atom stereocenters. The minimum Gasteiger partial charge on any atom is -0.442 e. The zero-order chi connectivity index (χ0) is 23.8. The third-order valence-corrected chi connectivity index (χ3v) is 4.55. The first-order valence-corrected chi connectivity index (χ1v) is 8.94. The van der Waals surface area contributed by atoms with Gasteiger partial charge in [-0.05, 0) is 29.3 Å². The number of hydrogen-bond donors (Lipinski definition) is 1. The van der Waals surface area contributed by atoms with E-state index in [4.69, 9.17) is 4.74 Å². The van der Waals surface area contributed by atoms with Crippen LogP contribution in [-0.2, 0) is 21.9 Å². The third kappa shape index (κ3) is 4.60. The van der Waals surface area contributed by atoms with Crippen molar-refractivity contribution in [2.45, 2.75) is 25.4 Å². The highest BCUT2D eigenvalue weighted by Crippen LogP contribution is 2.48. The molecular weight excluding hydrogens is 451 g/mol. The summed E-state index contributed by atoms with van der Waals surface area (Å²) in [5, 5.41) is 2.31. The van der Waals surface area contributed by atoms with Crippen LogP contribution in [0.15, 0.2) is 30.6 Å². The van der Waals surface area contributed by atoms with Crippen molar-refractivity contribution >= 4 is 17.7 Å². The fourth-order valence-electron chi connectivity index (χ4n) is 3.24.